The highest BCUT2D eigenvalue weighted by atomic mass is 35.5. The van der Waals surface area contributed by atoms with Crippen molar-refractivity contribution >= 4 is 17.3 Å². The minimum absolute atomic E-state index is 0.334. The number of nitrogens with zero attached hydrogens (tertiary/aromatic N) is 1. The third kappa shape index (κ3) is 3.37. The Morgan fingerprint density at radius 1 is 1.50 bits per heavy atom. The number of ether oxygens (including phenoxy) is 1. The van der Waals surface area contributed by atoms with Crippen LogP contribution in [0.4, 0.5) is 5.69 Å². The van der Waals surface area contributed by atoms with E-state index in [-0.39, 0.29) is 0 Å². The Hall–Kier alpha value is -0.770. The second-order valence-corrected chi connectivity index (χ2v) is 5.20. The Kier molecular flexibility index (Phi) is 4.87. The van der Waals surface area contributed by atoms with E-state index in [2.05, 4.69) is 30.3 Å². The summed E-state index contributed by atoms with van der Waals surface area (Å²) in [5.41, 5.74) is 2.34. The van der Waals surface area contributed by atoms with Gasteiger partial charge < -0.3 is 15.0 Å². The molecule has 0 aromatic heterocycles. The van der Waals surface area contributed by atoms with Crippen LogP contribution >= 0.6 is 11.6 Å². The Labute approximate surface area is 114 Å². The maximum absolute atomic E-state index is 6.15. The fraction of sp³-hybridized carbons (Fsp3) is 0.571. The van der Waals surface area contributed by atoms with Gasteiger partial charge in [0.25, 0.3) is 0 Å². The topological polar surface area (TPSA) is 24.5 Å². The van der Waals surface area contributed by atoms with Crippen molar-refractivity contribution in [3.63, 3.8) is 0 Å². The van der Waals surface area contributed by atoms with Crippen molar-refractivity contribution in [1.82, 2.24) is 5.32 Å². The van der Waals surface area contributed by atoms with Crippen LogP contribution in [0.25, 0.3) is 0 Å². The lowest BCUT2D eigenvalue weighted by atomic mass is 10.1. The molecular weight excluding hydrogens is 248 g/mol. The summed E-state index contributed by atoms with van der Waals surface area (Å²) in [7, 11) is 2.11. The molecule has 0 saturated carbocycles. The molecule has 0 spiro atoms. The van der Waals surface area contributed by atoms with Crippen molar-refractivity contribution in [2.75, 3.05) is 38.2 Å². The lowest BCUT2D eigenvalue weighted by Crippen LogP contribution is -2.40. The smallest absolute Gasteiger partial charge is 0.0716 e. The van der Waals surface area contributed by atoms with Gasteiger partial charge in [-0.05, 0) is 31.0 Å². The van der Waals surface area contributed by atoms with Crippen molar-refractivity contribution < 1.29 is 4.74 Å². The molecule has 1 aromatic carbocycles. The van der Waals surface area contributed by atoms with Crippen LogP contribution < -0.4 is 10.2 Å². The molecule has 2 rings (SSSR count). The lowest BCUT2D eigenvalue weighted by Gasteiger charge is -2.27. The molecule has 4 heteroatoms. The monoisotopic (exact) mass is 268 g/mol. The number of morpholine rings is 1. The number of anilines is 1. The molecule has 0 amide bonds. The fourth-order valence-corrected chi connectivity index (χ4v) is 2.44. The highest BCUT2D eigenvalue weighted by Crippen LogP contribution is 2.25. The quantitative estimate of drug-likeness (QED) is 0.908. The van der Waals surface area contributed by atoms with Crippen LogP contribution in [0.2, 0.25) is 5.02 Å². The van der Waals surface area contributed by atoms with Gasteiger partial charge in [0.15, 0.2) is 0 Å². The summed E-state index contributed by atoms with van der Waals surface area (Å²) in [6, 6.07) is 6.05. The molecule has 1 saturated heterocycles. The van der Waals surface area contributed by atoms with Crippen LogP contribution in [0, 0.1) is 6.92 Å². The van der Waals surface area contributed by atoms with Crippen LogP contribution in [0.15, 0.2) is 18.2 Å². The van der Waals surface area contributed by atoms with Gasteiger partial charge in [0.05, 0.1) is 12.7 Å². The van der Waals surface area contributed by atoms with E-state index in [1.807, 2.05) is 12.1 Å². The predicted molar refractivity (Wildman–Crippen MR) is 76.7 cm³/mol. The van der Waals surface area contributed by atoms with Crippen LogP contribution in [0.3, 0.4) is 0 Å². The first-order valence-corrected chi connectivity index (χ1v) is 6.85. The molecule has 0 aliphatic carbocycles. The molecule has 1 aromatic rings. The van der Waals surface area contributed by atoms with Gasteiger partial charge in [-0.1, -0.05) is 17.7 Å². The molecule has 1 unspecified atom stereocenters. The Balaban J connectivity index is 1.90. The van der Waals surface area contributed by atoms with E-state index >= 15 is 0 Å². The second kappa shape index (κ2) is 6.41. The zero-order valence-electron chi connectivity index (χ0n) is 11.1. The molecule has 1 aliphatic rings. The number of rotatable bonds is 4. The Bertz CT molecular complexity index is 391. The largest absolute Gasteiger partial charge is 0.376 e. The van der Waals surface area contributed by atoms with Gasteiger partial charge in [-0.15, -0.1) is 0 Å². The number of hydrogen-bond donors (Lipinski definition) is 1. The summed E-state index contributed by atoms with van der Waals surface area (Å²) < 4.78 is 5.70. The van der Waals surface area contributed by atoms with Crippen LogP contribution in [0.5, 0.6) is 0 Å². The number of benzene rings is 1. The SMILES string of the molecule is Cc1c(Cl)cccc1N(C)CCC1CNCCO1. The first-order valence-electron chi connectivity index (χ1n) is 6.47. The van der Waals surface area contributed by atoms with E-state index < -0.39 is 0 Å². The minimum atomic E-state index is 0.334. The number of nitrogens with one attached hydrogen (secondary N) is 1. The standard InChI is InChI=1S/C14H21ClN2O/c1-11-13(15)4-3-5-14(11)17(2)8-6-12-10-16-7-9-18-12/h3-5,12,16H,6-10H2,1-2H3. The zero-order valence-corrected chi connectivity index (χ0v) is 11.8. The van der Waals surface area contributed by atoms with Crippen LogP contribution in [-0.4, -0.2) is 39.4 Å². The van der Waals surface area contributed by atoms with Gasteiger partial charge >= 0.3 is 0 Å². The molecule has 100 valence electrons. The van der Waals surface area contributed by atoms with Crippen molar-refractivity contribution in [2.45, 2.75) is 19.4 Å². The lowest BCUT2D eigenvalue weighted by molar-refractivity contribution is 0.0250. The molecule has 0 radical (unpaired) electrons. The van der Waals surface area contributed by atoms with E-state index in [9.17, 15) is 0 Å². The third-order valence-electron chi connectivity index (χ3n) is 3.44. The van der Waals surface area contributed by atoms with E-state index in [1.165, 1.54) is 5.69 Å². The van der Waals surface area contributed by atoms with E-state index in [0.29, 0.717) is 6.10 Å². The summed E-state index contributed by atoms with van der Waals surface area (Å²) in [5.74, 6) is 0. The van der Waals surface area contributed by atoms with Crippen LogP contribution in [-0.2, 0) is 4.74 Å². The average Bonchev–Trinajstić information content (AvgIpc) is 2.40. The molecule has 3 nitrogen and oxygen atoms in total. The summed E-state index contributed by atoms with van der Waals surface area (Å²) in [5, 5.41) is 4.18. The molecule has 0 bridgehead atoms. The first kappa shape index (κ1) is 13.7. The van der Waals surface area contributed by atoms with Gasteiger partial charge in [0, 0.05) is 37.4 Å². The van der Waals surface area contributed by atoms with Crippen LogP contribution in [0.1, 0.15) is 12.0 Å². The van der Waals surface area contributed by atoms with Gasteiger partial charge in [-0.2, -0.15) is 0 Å². The van der Waals surface area contributed by atoms with Crippen molar-refractivity contribution in [3.8, 4) is 0 Å². The molecule has 1 aliphatic heterocycles. The number of halogens is 1. The highest BCUT2D eigenvalue weighted by Gasteiger charge is 2.14. The molecule has 1 N–H and O–H groups in total. The van der Waals surface area contributed by atoms with Gasteiger partial charge in [0.2, 0.25) is 0 Å². The normalized spacial score (nSPS) is 19.8. The van der Waals surface area contributed by atoms with Gasteiger partial charge in [-0.3, -0.25) is 0 Å². The Morgan fingerprint density at radius 2 is 2.33 bits per heavy atom. The van der Waals surface area contributed by atoms with Crippen molar-refractivity contribution in [2.24, 2.45) is 0 Å². The van der Waals surface area contributed by atoms with Crippen molar-refractivity contribution in [3.05, 3.63) is 28.8 Å². The average molecular weight is 269 g/mol. The summed E-state index contributed by atoms with van der Waals surface area (Å²) >= 11 is 6.15. The van der Waals surface area contributed by atoms with Gasteiger partial charge in [-0.25, -0.2) is 0 Å². The summed E-state index contributed by atoms with van der Waals surface area (Å²) in [6.07, 6.45) is 1.37. The van der Waals surface area contributed by atoms with E-state index in [1.54, 1.807) is 0 Å². The third-order valence-corrected chi connectivity index (χ3v) is 3.85. The summed E-state index contributed by atoms with van der Waals surface area (Å²) in [6.45, 7) is 5.80. The molecule has 1 atom stereocenters. The molecular formula is C14H21ClN2O. The second-order valence-electron chi connectivity index (χ2n) is 4.79. The molecule has 1 fully saturated rings. The maximum Gasteiger partial charge on any atom is 0.0716 e. The Morgan fingerprint density at radius 3 is 3.06 bits per heavy atom. The number of hydrogen-bond acceptors (Lipinski definition) is 3. The van der Waals surface area contributed by atoms with Crippen molar-refractivity contribution in [1.29, 1.82) is 0 Å². The predicted octanol–water partition coefficient (Wildman–Crippen LogP) is 2.46. The first-order chi connectivity index (χ1) is 8.68. The summed E-state index contributed by atoms with van der Waals surface area (Å²) in [4.78, 5) is 2.25. The van der Waals surface area contributed by atoms with Gasteiger partial charge in [0.1, 0.15) is 0 Å². The molecule has 1 heterocycles. The zero-order chi connectivity index (χ0) is 13.0. The highest BCUT2D eigenvalue weighted by molar-refractivity contribution is 6.31. The minimum Gasteiger partial charge on any atom is -0.376 e. The van der Waals surface area contributed by atoms with E-state index in [4.69, 9.17) is 16.3 Å². The van der Waals surface area contributed by atoms with E-state index in [0.717, 1.165) is 43.2 Å². The molecule has 18 heavy (non-hydrogen) atoms. The maximum atomic E-state index is 6.15. The fourth-order valence-electron chi connectivity index (χ4n) is 2.27.